The maximum absolute atomic E-state index is 12.1. The predicted octanol–water partition coefficient (Wildman–Crippen LogP) is 2.84. The molecule has 0 saturated carbocycles. The Hall–Kier alpha value is -2.61. The van der Waals surface area contributed by atoms with E-state index >= 15 is 0 Å². The highest BCUT2D eigenvalue weighted by molar-refractivity contribution is 7.99. The quantitative estimate of drug-likeness (QED) is 0.683. The number of furan rings is 1. The van der Waals surface area contributed by atoms with Gasteiger partial charge in [0.15, 0.2) is 0 Å². The lowest BCUT2D eigenvalue weighted by atomic mass is 10.1. The molecule has 25 heavy (non-hydrogen) atoms. The van der Waals surface area contributed by atoms with Crippen LogP contribution in [0.5, 0.6) is 0 Å². The number of tetrazole rings is 1. The summed E-state index contributed by atoms with van der Waals surface area (Å²) in [7, 11) is 0. The number of aryl methyl sites for hydroxylation is 2. The summed E-state index contributed by atoms with van der Waals surface area (Å²) < 4.78 is 6.93. The van der Waals surface area contributed by atoms with E-state index in [0.29, 0.717) is 5.16 Å². The average Bonchev–Trinajstić information content (AvgIpc) is 3.23. The number of benzene rings is 1. The Morgan fingerprint density at radius 3 is 2.76 bits per heavy atom. The van der Waals surface area contributed by atoms with E-state index in [1.165, 1.54) is 11.8 Å². The number of carbonyl (C=O) groups excluding carboxylic acids is 1. The number of carbonyl (C=O) groups is 1. The van der Waals surface area contributed by atoms with Crippen molar-refractivity contribution in [2.24, 2.45) is 0 Å². The Balaban J connectivity index is 1.64. The van der Waals surface area contributed by atoms with Crippen LogP contribution in [0.15, 0.2) is 46.2 Å². The highest BCUT2D eigenvalue weighted by atomic mass is 32.2. The molecule has 1 aromatic carbocycles. The van der Waals surface area contributed by atoms with Crippen molar-refractivity contribution in [2.45, 2.75) is 32.0 Å². The van der Waals surface area contributed by atoms with Gasteiger partial charge in [-0.05, 0) is 66.6 Å². The topological polar surface area (TPSA) is 85.8 Å². The normalized spacial score (nSPS) is 12.1. The Morgan fingerprint density at radius 1 is 1.32 bits per heavy atom. The number of nitrogens with one attached hydrogen (secondary N) is 1. The summed E-state index contributed by atoms with van der Waals surface area (Å²) in [6.45, 7) is 5.93. The van der Waals surface area contributed by atoms with Gasteiger partial charge < -0.3 is 9.73 Å². The summed E-state index contributed by atoms with van der Waals surface area (Å²) >= 11 is 1.29. The van der Waals surface area contributed by atoms with Gasteiger partial charge in [0.1, 0.15) is 5.76 Å². The lowest BCUT2D eigenvalue weighted by Gasteiger charge is -2.11. The first-order valence-electron chi connectivity index (χ1n) is 7.85. The van der Waals surface area contributed by atoms with E-state index in [-0.39, 0.29) is 17.7 Å². The summed E-state index contributed by atoms with van der Waals surface area (Å²) in [5, 5.41) is 15.3. The van der Waals surface area contributed by atoms with Crippen molar-refractivity contribution in [3.63, 3.8) is 0 Å². The van der Waals surface area contributed by atoms with Gasteiger partial charge in [-0.3, -0.25) is 4.79 Å². The maximum Gasteiger partial charge on any atom is 0.231 e. The third kappa shape index (κ3) is 4.27. The molecular weight excluding hydrogens is 338 g/mol. The third-order valence-electron chi connectivity index (χ3n) is 3.57. The van der Waals surface area contributed by atoms with Gasteiger partial charge >= 0.3 is 0 Å². The van der Waals surface area contributed by atoms with Gasteiger partial charge in [-0.25, -0.2) is 0 Å². The average molecular weight is 357 g/mol. The van der Waals surface area contributed by atoms with E-state index in [9.17, 15) is 4.79 Å². The first-order chi connectivity index (χ1) is 12.0. The number of aromatic nitrogens is 4. The number of rotatable bonds is 6. The van der Waals surface area contributed by atoms with Gasteiger partial charge in [-0.15, -0.1) is 5.10 Å². The van der Waals surface area contributed by atoms with Crippen LogP contribution in [0.4, 0.5) is 0 Å². The zero-order chi connectivity index (χ0) is 17.8. The molecule has 0 aliphatic carbocycles. The molecule has 1 amide bonds. The summed E-state index contributed by atoms with van der Waals surface area (Å²) in [4.78, 5) is 12.1. The van der Waals surface area contributed by atoms with Crippen molar-refractivity contribution in [3.05, 3.63) is 53.5 Å². The summed E-state index contributed by atoms with van der Waals surface area (Å²) in [6, 6.07) is 9.55. The minimum absolute atomic E-state index is 0.108. The van der Waals surface area contributed by atoms with Crippen LogP contribution in [0, 0.1) is 13.8 Å². The second kappa shape index (κ2) is 7.52. The minimum atomic E-state index is -0.182. The van der Waals surface area contributed by atoms with Crippen LogP contribution in [0.3, 0.4) is 0 Å². The second-order valence-electron chi connectivity index (χ2n) is 5.81. The molecule has 0 spiro atoms. The van der Waals surface area contributed by atoms with Crippen LogP contribution in [-0.4, -0.2) is 31.9 Å². The highest BCUT2D eigenvalue weighted by Crippen LogP contribution is 2.20. The lowest BCUT2D eigenvalue weighted by Crippen LogP contribution is -2.28. The lowest BCUT2D eigenvalue weighted by molar-refractivity contribution is -0.119. The van der Waals surface area contributed by atoms with Crippen molar-refractivity contribution >= 4 is 17.7 Å². The fourth-order valence-electron chi connectivity index (χ4n) is 2.53. The van der Waals surface area contributed by atoms with Gasteiger partial charge in [0.2, 0.25) is 11.1 Å². The highest BCUT2D eigenvalue weighted by Gasteiger charge is 2.15. The molecule has 2 aromatic heterocycles. The predicted molar refractivity (Wildman–Crippen MR) is 94.6 cm³/mol. The summed E-state index contributed by atoms with van der Waals surface area (Å²) in [5.41, 5.74) is 3.15. The van der Waals surface area contributed by atoms with E-state index in [2.05, 4.69) is 26.9 Å². The van der Waals surface area contributed by atoms with E-state index in [1.54, 1.807) is 17.0 Å². The van der Waals surface area contributed by atoms with E-state index in [4.69, 9.17) is 4.42 Å². The van der Waals surface area contributed by atoms with Crippen LogP contribution in [0.25, 0.3) is 5.69 Å². The van der Waals surface area contributed by atoms with Gasteiger partial charge in [0.05, 0.1) is 23.7 Å². The number of nitrogens with zero attached hydrogens (tertiary/aromatic N) is 4. The SMILES string of the molecule is Cc1cc(C)cc(-n2nnnc2SCC(=O)N[C@@H](C)c2ccco2)c1. The Labute approximate surface area is 149 Å². The van der Waals surface area contributed by atoms with Crippen LogP contribution >= 0.6 is 11.8 Å². The first-order valence-corrected chi connectivity index (χ1v) is 8.84. The van der Waals surface area contributed by atoms with Gasteiger partial charge in [0, 0.05) is 0 Å². The van der Waals surface area contributed by atoms with Gasteiger partial charge in [-0.2, -0.15) is 4.68 Å². The first kappa shape index (κ1) is 17.2. The molecule has 1 atom stereocenters. The molecule has 0 saturated heterocycles. The number of amides is 1. The van der Waals surface area contributed by atoms with Crippen molar-refractivity contribution in [1.29, 1.82) is 0 Å². The van der Waals surface area contributed by atoms with E-state index in [1.807, 2.05) is 39.0 Å². The number of hydrogen-bond acceptors (Lipinski definition) is 6. The van der Waals surface area contributed by atoms with Crippen molar-refractivity contribution in [1.82, 2.24) is 25.5 Å². The molecule has 130 valence electrons. The summed E-state index contributed by atoms with van der Waals surface area (Å²) in [5.74, 6) is 0.832. The van der Waals surface area contributed by atoms with Crippen LogP contribution in [-0.2, 0) is 4.79 Å². The van der Waals surface area contributed by atoms with Crippen molar-refractivity contribution in [3.8, 4) is 5.69 Å². The fourth-order valence-corrected chi connectivity index (χ4v) is 3.23. The van der Waals surface area contributed by atoms with Crippen LogP contribution in [0.2, 0.25) is 0 Å². The number of hydrogen-bond donors (Lipinski definition) is 1. The van der Waals surface area contributed by atoms with Crippen LogP contribution < -0.4 is 5.32 Å². The Kier molecular flexibility index (Phi) is 5.18. The zero-order valence-corrected chi connectivity index (χ0v) is 15.1. The van der Waals surface area contributed by atoms with Gasteiger partial charge in [0.25, 0.3) is 0 Å². The van der Waals surface area contributed by atoms with Crippen LogP contribution in [0.1, 0.15) is 29.9 Å². The summed E-state index contributed by atoms with van der Waals surface area (Å²) in [6.07, 6.45) is 1.59. The molecule has 0 aliphatic heterocycles. The monoisotopic (exact) mass is 357 g/mol. The zero-order valence-electron chi connectivity index (χ0n) is 14.3. The molecule has 7 nitrogen and oxygen atoms in total. The molecule has 2 heterocycles. The van der Waals surface area contributed by atoms with Crippen molar-refractivity contribution in [2.75, 3.05) is 5.75 Å². The standard InChI is InChI=1S/C17H19N5O2S/c1-11-7-12(2)9-14(8-11)22-17(19-20-21-22)25-10-16(23)18-13(3)15-5-4-6-24-15/h4-9,13H,10H2,1-3H3,(H,18,23)/t13-/m0/s1. The van der Waals surface area contributed by atoms with E-state index in [0.717, 1.165) is 22.6 Å². The molecule has 1 N–H and O–H groups in total. The van der Waals surface area contributed by atoms with E-state index < -0.39 is 0 Å². The molecule has 8 heteroatoms. The number of thioether (sulfide) groups is 1. The molecule has 0 aliphatic rings. The molecule has 0 radical (unpaired) electrons. The van der Waals surface area contributed by atoms with Crippen molar-refractivity contribution < 1.29 is 9.21 Å². The smallest absolute Gasteiger partial charge is 0.231 e. The minimum Gasteiger partial charge on any atom is -0.467 e. The molecule has 3 aromatic rings. The molecule has 0 fully saturated rings. The molecule has 0 unspecified atom stereocenters. The van der Waals surface area contributed by atoms with Gasteiger partial charge in [-0.1, -0.05) is 17.8 Å². The molecule has 0 bridgehead atoms. The Bertz CT molecular complexity index is 840. The third-order valence-corrected chi connectivity index (χ3v) is 4.49. The maximum atomic E-state index is 12.1. The molecular formula is C17H19N5O2S. The largest absolute Gasteiger partial charge is 0.467 e. The Morgan fingerprint density at radius 2 is 2.08 bits per heavy atom. The second-order valence-corrected chi connectivity index (χ2v) is 6.75. The molecule has 3 rings (SSSR count). The fraction of sp³-hybridized carbons (Fsp3) is 0.294.